The Kier molecular flexibility index (Phi) is 9.90. The van der Waals surface area contributed by atoms with E-state index in [1.54, 1.807) is 50.5 Å². The molecule has 0 aliphatic rings. The fraction of sp³-hybridized carbons (Fsp3) is 0.333. The molecule has 41 heavy (non-hydrogen) atoms. The molecule has 0 aliphatic carbocycles. The van der Waals surface area contributed by atoms with Gasteiger partial charge >= 0.3 is 0 Å². The van der Waals surface area contributed by atoms with Gasteiger partial charge in [0.25, 0.3) is 5.91 Å². The molecule has 0 unspecified atom stereocenters. The number of benzene rings is 3. The van der Waals surface area contributed by atoms with Crippen LogP contribution in [0.3, 0.4) is 0 Å². The summed E-state index contributed by atoms with van der Waals surface area (Å²) >= 11 is 0. The predicted molar refractivity (Wildman–Crippen MR) is 161 cm³/mol. The maximum atomic E-state index is 13.9. The topological polar surface area (TPSA) is 84.1 Å². The van der Waals surface area contributed by atoms with E-state index < -0.39 is 0 Å². The quantitative estimate of drug-likeness (QED) is 0.233. The zero-order chi connectivity index (χ0) is 29.4. The molecule has 0 atom stereocenters. The van der Waals surface area contributed by atoms with Crippen molar-refractivity contribution >= 4 is 22.7 Å². The molecule has 1 aromatic heterocycles. The molecule has 2 amide bonds. The van der Waals surface area contributed by atoms with Crippen LogP contribution in [0.1, 0.15) is 35.3 Å². The van der Waals surface area contributed by atoms with Gasteiger partial charge in [-0.15, -0.1) is 0 Å². The first-order valence-electron chi connectivity index (χ1n) is 13.8. The number of nitrogens with one attached hydrogen (secondary N) is 1. The minimum Gasteiger partial charge on any atom is -0.497 e. The third kappa shape index (κ3) is 7.39. The number of aromatic nitrogens is 1. The maximum Gasteiger partial charge on any atom is 0.254 e. The summed E-state index contributed by atoms with van der Waals surface area (Å²) < 4.78 is 16.2. The Morgan fingerprint density at radius 3 is 2.37 bits per heavy atom. The molecule has 0 radical (unpaired) electrons. The highest BCUT2D eigenvalue weighted by Crippen LogP contribution is 2.28. The fourth-order valence-electron chi connectivity index (χ4n) is 4.95. The lowest BCUT2D eigenvalue weighted by atomic mass is 10.1. The van der Waals surface area contributed by atoms with Crippen LogP contribution in [0.4, 0.5) is 0 Å². The monoisotopic (exact) mass is 557 g/mol. The number of ether oxygens (including phenoxy) is 3. The number of carbonyl (C=O) groups excluding carboxylic acids is 2. The van der Waals surface area contributed by atoms with E-state index in [2.05, 4.69) is 11.1 Å². The Hall–Kier alpha value is -4.46. The molecule has 1 N–H and O–H groups in total. The third-order valence-corrected chi connectivity index (χ3v) is 7.02. The van der Waals surface area contributed by atoms with Crippen LogP contribution in [0.5, 0.6) is 17.2 Å². The van der Waals surface area contributed by atoms with E-state index >= 15 is 0 Å². The zero-order valence-electron chi connectivity index (χ0n) is 24.5. The minimum atomic E-state index is -0.200. The first kappa shape index (κ1) is 29.5. The van der Waals surface area contributed by atoms with Crippen molar-refractivity contribution in [3.63, 3.8) is 0 Å². The molecule has 0 saturated carbocycles. The Balaban J connectivity index is 1.60. The van der Waals surface area contributed by atoms with Gasteiger partial charge in [-0.25, -0.2) is 0 Å². The van der Waals surface area contributed by atoms with Gasteiger partial charge in [0.05, 0.1) is 21.3 Å². The summed E-state index contributed by atoms with van der Waals surface area (Å²) in [6, 6.07) is 20.8. The second-order valence-corrected chi connectivity index (χ2v) is 10.4. The lowest BCUT2D eigenvalue weighted by Crippen LogP contribution is -2.44. The molecule has 4 aromatic rings. The number of hydrogen-bond acceptors (Lipinski definition) is 5. The molecular formula is C33H39N3O5. The average molecular weight is 558 g/mol. The van der Waals surface area contributed by atoms with Crippen LogP contribution in [0.15, 0.2) is 72.9 Å². The van der Waals surface area contributed by atoms with E-state index in [1.807, 2.05) is 61.3 Å². The Morgan fingerprint density at radius 2 is 1.63 bits per heavy atom. The normalized spacial score (nSPS) is 11.0. The first-order chi connectivity index (χ1) is 19.8. The Morgan fingerprint density at radius 1 is 0.854 bits per heavy atom. The summed E-state index contributed by atoms with van der Waals surface area (Å²) in [5, 5.41) is 1.14. The minimum absolute atomic E-state index is 0.0323. The number of nitrogens with zero attached hydrogens (tertiary/aromatic N) is 2. The number of amides is 2. The molecule has 0 bridgehead atoms. The van der Waals surface area contributed by atoms with Gasteiger partial charge in [0.1, 0.15) is 12.3 Å². The SMILES string of the molecule is COc1cccc(C(=O)N(CC(=O)N(CCc2c[nH]c3ccccc23)Cc2ccc(OC)c(OC)c2)CC(C)C)c1. The molecule has 0 saturated heterocycles. The highest BCUT2D eigenvalue weighted by atomic mass is 16.5. The van der Waals surface area contributed by atoms with Gasteiger partial charge in [0.2, 0.25) is 5.91 Å². The molecule has 3 aromatic carbocycles. The first-order valence-corrected chi connectivity index (χ1v) is 13.8. The smallest absolute Gasteiger partial charge is 0.254 e. The fourth-order valence-corrected chi connectivity index (χ4v) is 4.95. The molecule has 0 spiro atoms. The summed E-state index contributed by atoms with van der Waals surface area (Å²) in [6.45, 7) is 5.34. The number of H-pyrrole nitrogens is 1. The highest BCUT2D eigenvalue weighted by Gasteiger charge is 2.24. The van der Waals surface area contributed by atoms with Crippen LogP contribution in [-0.2, 0) is 17.8 Å². The van der Waals surface area contributed by atoms with Crippen molar-refractivity contribution in [2.45, 2.75) is 26.8 Å². The summed E-state index contributed by atoms with van der Waals surface area (Å²) in [4.78, 5) is 34.3. The molecule has 1 heterocycles. The van der Waals surface area contributed by atoms with E-state index in [0.717, 1.165) is 22.0 Å². The van der Waals surface area contributed by atoms with E-state index in [4.69, 9.17) is 14.2 Å². The number of rotatable bonds is 13. The van der Waals surface area contributed by atoms with Crippen molar-refractivity contribution < 1.29 is 23.8 Å². The summed E-state index contributed by atoms with van der Waals surface area (Å²) in [5.74, 6) is 1.68. The second kappa shape index (κ2) is 13.7. The average Bonchev–Trinajstić information content (AvgIpc) is 3.41. The Bertz CT molecular complexity index is 1480. The van der Waals surface area contributed by atoms with Gasteiger partial charge in [-0.2, -0.15) is 0 Å². The van der Waals surface area contributed by atoms with Gasteiger partial charge in [-0.05, 0) is 59.9 Å². The van der Waals surface area contributed by atoms with Crippen molar-refractivity contribution in [2.24, 2.45) is 5.92 Å². The molecular weight excluding hydrogens is 518 g/mol. The maximum absolute atomic E-state index is 13.9. The van der Waals surface area contributed by atoms with Gasteiger partial charge < -0.3 is 29.0 Å². The van der Waals surface area contributed by atoms with Gasteiger partial charge in [0.15, 0.2) is 11.5 Å². The standard InChI is InChI=1S/C33H39N3O5/c1-23(2)20-36(33(38)25-9-8-10-27(18-25)39-3)22-32(37)35(21-24-13-14-30(40-4)31(17-24)41-5)16-15-26-19-34-29-12-7-6-11-28(26)29/h6-14,17-19,23,34H,15-16,20-22H2,1-5H3. The lowest BCUT2D eigenvalue weighted by molar-refractivity contribution is -0.132. The molecule has 8 nitrogen and oxygen atoms in total. The van der Waals surface area contributed by atoms with Gasteiger partial charge in [-0.3, -0.25) is 9.59 Å². The largest absolute Gasteiger partial charge is 0.497 e. The number of para-hydroxylation sites is 1. The molecule has 4 rings (SSSR count). The zero-order valence-corrected chi connectivity index (χ0v) is 24.5. The van der Waals surface area contributed by atoms with Crippen LogP contribution in [0.25, 0.3) is 10.9 Å². The number of aromatic amines is 1. The van der Waals surface area contributed by atoms with Crippen molar-refractivity contribution in [1.82, 2.24) is 14.8 Å². The number of methoxy groups -OCH3 is 3. The van der Waals surface area contributed by atoms with E-state index in [9.17, 15) is 9.59 Å². The van der Waals surface area contributed by atoms with Crippen LogP contribution < -0.4 is 14.2 Å². The van der Waals surface area contributed by atoms with E-state index in [-0.39, 0.29) is 24.3 Å². The van der Waals surface area contributed by atoms with Crippen LogP contribution in [0.2, 0.25) is 0 Å². The molecule has 216 valence electrons. The van der Waals surface area contributed by atoms with Crippen molar-refractivity contribution in [3.05, 3.63) is 89.6 Å². The van der Waals surface area contributed by atoms with E-state index in [0.29, 0.717) is 48.9 Å². The number of hydrogen-bond donors (Lipinski definition) is 1. The summed E-state index contributed by atoms with van der Waals surface area (Å²) in [7, 11) is 4.76. The summed E-state index contributed by atoms with van der Waals surface area (Å²) in [6.07, 6.45) is 2.66. The van der Waals surface area contributed by atoms with Crippen LogP contribution >= 0.6 is 0 Å². The Labute approximate surface area is 241 Å². The van der Waals surface area contributed by atoms with Gasteiger partial charge in [0, 0.05) is 42.3 Å². The molecule has 0 aliphatic heterocycles. The van der Waals surface area contributed by atoms with Crippen molar-refractivity contribution in [2.75, 3.05) is 41.0 Å². The second-order valence-electron chi connectivity index (χ2n) is 10.4. The van der Waals surface area contributed by atoms with Crippen molar-refractivity contribution in [3.8, 4) is 17.2 Å². The van der Waals surface area contributed by atoms with E-state index in [1.165, 1.54) is 0 Å². The van der Waals surface area contributed by atoms with Crippen molar-refractivity contribution in [1.29, 1.82) is 0 Å². The van der Waals surface area contributed by atoms with Gasteiger partial charge in [-0.1, -0.05) is 44.2 Å². The highest BCUT2D eigenvalue weighted by molar-refractivity contribution is 5.97. The number of fused-ring (bicyclic) bond motifs is 1. The predicted octanol–water partition coefficient (Wildman–Crippen LogP) is 5.56. The van der Waals surface area contributed by atoms with Crippen LogP contribution in [-0.4, -0.2) is 67.6 Å². The lowest BCUT2D eigenvalue weighted by Gasteiger charge is -2.29. The van der Waals surface area contributed by atoms with Crippen LogP contribution in [0, 0.1) is 5.92 Å². The third-order valence-electron chi connectivity index (χ3n) is 7.02. The summed E-state index contributed by atoms with van der Waals surface area (Å²) in [5.41, 5.74) is 3.59. The molecule has 8 heteroatoms. The molecule has 0 fully saturated rings. The number of carbonyl (C=O) groups is 2.